The smallest absolute Gasteiger partial charge is 0.306 e. The summed E-state index contributed by atoms with van der Waals surface area (Å²) < 4.78 is 6.22. The van der Waals surface area contributed by atoms with Gasteiger partial charge in [-0.3, -0.25) is 9.59 Å². The van der Waals surface area contributed by atoms with E-state index in [4.69, 9.17) is 4.74 Å². The molecule has 0 amide bonds. The highest BCUT2D eigenvalue weighted by atomic mass is 32.1. The van der Waals surface area contributed by atoms with Crippen molar-refractivity contribution in [3.8, 4) is 0 Å². The number of thiazole rings is 1. The molecule has 24 heavy (non-hydrogen) atoms. The Balaban J connectivity index is 1.50. The van der Waals surface area contributed by atoms with Crippen LogP contribution in [-0.2, 0) is 16.0 Å². The van der Waals surface area contributed by atoms with Crippen molar-refractivity contribution in [3.05, 3.63) is 50.7 Å². The minimum atomic E-state index is -0.368. The first-order valence-corrected chi connectivity index (χ1v) is 9.26. The fourth-order valence-corrected chi connectivity index (χ4v) is 4.35. The fourth-order valence-electron chi connectivity index (χ4n) is 2.44. The van der Waals surface area contributed by atoms with Gasteiger partial charge in [-0.15, -0.1) is 22.7 Å². The zero-order valence-electron chi connectivity index (χ0n) is 13.5. The minimum Gasteiger partial charge on any atom is -0.457 e. The molecule has 0 bridgehead atoms. The molecule has 2 heterocycles. The average Bonchev–Trinajstić information content (AvgIpc) is 3.12. The van der Waals surface area contributed by atoms with Gasteiger partial charge in [-0.05, 0) is 32.0 Å². The maximum atomic E-state index is 12.1. The van der Waals surface area contributed by atoms with E-state index < -0.39 is 0 Å². The largest absolute Gasteiger partial charge is 0.457 e. The zero-order chi connectivity index (χ0) is 17.1. The van der Waals surface area contributed by atoms with Crippen LogP contribution in [0.4, 0.5) is 0 Å². The van der Waals surface area contributed by atoms with Gasteiger partial charge in [-0.25, -0.2) is 4.98 Å². The number of benzene rings is 1. The third-order valence-electron chi connectivity index (χ3n) is 3.59. The first kappa shape index (κ1) is 16.8. The lowest BCUT2D eigenvalue weighted by atomic mass is 10.2. The molecule has 0 atom stereocenters. The van der Waals surface area contributed by atoms with Crippen LogP contribution in [-0.4, -0.2) is 23.3 Å². The summed E-state index contributed by atoms with van der Waals surface area (Å²) in [5, 5.41) is 0.906. The van der Waals surface area contributed by atoms with Gasteiger partial charge in [0.15, 0.2) is 6.61 Å². The number of hydrogen-bond donors (Lipinski definition) is 0. The Kier molecular flexibility index (Phi) is 5.06. The van der Waals surface area contributed by atoms with Crippen molar-refractivity contribution < 1.29 is 14.3 Å². The number of para-hydroxylation sites is 1. The van der Waals surface area contributed by atoms with Gasteiger partial charge in [-0.2, -0.15) is 0 Å². The van der Waals surface area contributed by atoms with E-state index in [9.17, 15) is 9.59 Å². The summed E-state index contributed by atoms with van der Waals surface area (Å²) in [6.07, 6.45) is 0.762. The van der Waals surface area contributed by atoms with Gasteiger partial charge >= 0.3 is 5.97 Å². The molecule has 6 heteroatoms. The van der Waals surface area contributed by atoms with Crippen molar-refractivity contribution in [2.24, 2.45) is 0 Å². The first-order valence-electron chi connectivity index (χ1n) is 7.63. The summed E-state index contributed by atoms with van der Waals surface area (Å²) in [7, 11) is 0. The molecule has 0 aliphatic carbocycles. The highest BCUT2D eigenvalue weighted by Gasteiger charge is 2.15. The number of esters is 1. The summed E-state index contributed by atoms with van der Waals surface area (Å²) >= 11 is 3.15. The van der Waals surface area contributed by atoms with Gasteiger partial charge in [0.25, 0.3) is 0 Å². The highest BCUT2D eigenvalue weighted by Crippen LogP contribution is 2.23. The SMILES string of the molecule is Cc1cc(C(=O)COC(=O)CCc2nc3ccccc3s2)c(C)s1. The minimum absolute atomic E-state index is 0.148. The summed E-state index contributed by atoms with van der Waals surface area (Å²) in [5.41, 5.74) is 1.60. The number of carbonyl (C=O) groups is 2. The normalized spacial score (nSPS) is 10.9. The van der Waals surface area contributed by atoms with Crippen molar-refractivity contribution in [2.75, 3.05) is 6.61 Å². The van der Waals surface area contributed by atoms with Gasteiger partial charge in [0.05, 0.1) is 21.6 Å². The molecule has 0 unspecified atom stereocenters. The second-order valence-electron chi connectivity index (χ2n) is 5.49. The Morgan fingerprint density at radius 3 is 2.67 bits per heavy atom. The van der Waals surface area contributed by atoms with Crippen molar-refractivity contribution in [3.63, 3.8) is 0 Å². The number of carbonyl (C=O) groups excluding carboxylic acids is 2. The second-order valence-corrected chi connectivity index (χ2v) is 8.06. The standard InChI is InChI=1S/C18H17NO3S2/c1-11-9-13(12(2)23-11)15(20)10-22-18(21)8-7-17-19-14-5-3-4-6-16(14)24-17/h3-6,9H,7-8,10H2,1-2H3. The number of ether oxygens (including phenoxy) is 1. The predicted octanol–water partition coefficient (Wildman–Crippen LogP) is 4.33. The van der Waals surface area contributed by atoms with E-state index in [1.807, 2.05) is 44.2 Å². The molecule has 1 aromatic carbocycles. The number of Topliss-reactive ketones (excluding diaryl/α,β-unsaturated/α-hetero) is 1. The molecule has 0 fully saturated rings. The number of ketones is 1. The van der Waals surface area contributed by atoms with Crippen LogP contribution in [0.1, 0.15) is 31.5 Å². The molecule has 0 aliphatic rings. The van der Waals surface area contributed by atoms with Crippen LogP contribution in [0.15, 0.2) is 30.3 Å². The summed E-state index contributed by atoms with van der Waals surface area (Å²) in [6.45, 7) is 3.66. The van der Waals surface area contributed by atoms with E-state index in [0.29, 0.717) is 12.0 Å². The number of hydrogen-bond acceptors (Lipinski definition) is 6. The maximum absolute atomic E-state index is 12.1. The average molecular weight is 359 g/mol. The van der Waals surface area contributed by atoms with Gasteiger partial charge < -0.3 is 4.74 Å². The van der Waals surface area contributed by atoms with Gasteiger partial charge in [0, 0.05) is 21.7 Å². The summed E-state index contributed by atoms with van der Waals surface area (Å²) in [5.74, 6) is -0.516. The van der Waals surface area contributed by atoms with Crippen LogP contribution < -0.4 is 0 Å². The van der Waals surface area contributed by atoms with Crippen LogP contribution in [0, 0.1) is 13.8 Å². The molecular weight excluding hydrogens is 342 g/mol. The number of nitrogens with zero attached hydrogens (tertiary/aromatic N) is 1. The Morgan fingerprint density at radius 1 is 1.17 bits per heavy atom. The number of fused-ring (bicyclic) bond motifs is 1. The molecule has 0 aliphatic heterocycles. The van der Waals surface area contributed by atoms with Crippen LogP contribution in [0.25, 0.3) is 10.2 Å². The number of aromatic nitrogens is 1. The third-order valence-corrected chi connectivity index (χ3v) is 5.65. The van der Waals surface area contributed by atoms with Crippen molar-refractivity contribution in [2.45, 2.75) is 26.7 Å². The number of aryl methyl sites for hydroxylation is 3. The van der Waals surface area contributed by atoms with E-state index in [-0.39, 0.29) is 24.8 Å². The maximum Gasteiger partial charge on any atom is 0.306 e. The van der Waals surface area contributed by atoms with Gasteiger partial charge in [-0.1, -0.05) is 12.1 Å². The molecule has 0 saturated carbocycles. The lowest BCUT2D eigenvalue weighted by Gasteiger charge is -2.03. The second kappa shape index (κ2) is 7.23. The van der Waals surface area contributed by atoms with Crippen LogP contribution >= 0.6 is 22.7 Å². The lowest BCUT2D eigenvalue weighted by molar-refractivity contribution is -0.142. The lowest BCUT2D eigenvalue weighted by Crippen LogP contribution is -2.14. The molecule has 3 aromatic rings. The van der Waals surface area contributed by atoms with Crippen molar-refractivity contribution in [1.82, 2.24) is 4.98 Å². The molecular formula is C18H17NO3S2. The van der Waals surface area contributed by atoms with E-state index >= 15 is 0 Å². The fraction of sp³-hybridized carbons (Fsp3) is 0.278. The molecule has 0 saturated heterocycles. The van der Waals surface area contributed by atoms with Gasteiger partial charge in [0.2, 0.25) is 5.78 Å². The molecule has 0 N–H and O–H groups in total. The Labute approximate surface area is 148 Å². The van der Waals surface area contributed by atoms with Gasteiger partial charge in [0.1, 0.15) is 0 Å². The van der Waals surface area contributed by atoms with E-state index in [2.05, 4.69) is 4.98 Å². The first-order chi connectivity index (χ1) is 11.5. The van der Waals surface area contributed by atoms with E-state index in [1.165, 1.54) is 0 Å². The topological polar surface area (TPSA) is 56.3 Å². The zero-order valence-corrected chi connectivity index (χ0v) is 15.1. The molecule has 0 spiro atoms. The van der Waals surface area contributed by atoms with Crippen LogP contribution in [0.5, 0.6) is 0 Å². The quantitative estimate of drug-likeness (QED) is 0.485. The van der Waals surface area contributed by atoms with Crippen LogP contribution in [0.2, 0.25) is 0 Å². The Morgan fingerprint density at radius 2 is 1.96 bits per heavy atom. The molecule has 3 rings (SSSR count). The highest BCUT2D eigenvalue weighted by molar-refractivity contribution is 7.18. The predicted molar refractivity (Wildman–Crippen MR) is 97.0 cm³/mol. The van der Waals surface area contributed by atoms with Crippen molar-refractivity contribution in [1.29, 1.82) is 0 Å². The number of thiophene rings is 1. The molecule has 2 aromatic heterocycles. The van der Waals surface area contributed by atoms with Crippen molar-refractivity contribution >= 4 is 44.6 Å². The summed E-state index contributed by atoms with van der Waals surface area (Å²) in [4.78, 5) is 30.5. The molecule has 124 valence electrons. The van der Waals surface area contributed by atoms with E-state index in [0.717, 1.165) is 25.0 Å². The Hall–Kier alpha value is -2.05. The number of rotatable bonds is 6. The molecule has 0 radical (unpaired) electrons. The van der Waals surface area contributed by atoms with E-state index in [1.54, 1.807) is 22.7 Å². The van der Waals surface area contributed by atoms with Crippen LogP contribution in [0.3, 0.4) is 0 Å². The summed E-state index contributed by atoms with van der Waals surface area (Å²) in [6, 6.07) is 9.73. The third kappa shape index (κ3) is 3.88. The molecule has 4 nitrogen and oxygen atoms in total. The monoisotopic (exact) mass is 359 g/mol. The Bertz CT molecular complexity index is 862.